The summed E-state index contributed by atoms with van der Waals surface area (Å²) in [5.41, 5.74) is 1.93. The quantitative estimate of drug-likeness (QED) is 0.726. The van der Waals surface area contributed by atoms with Crippen LogP contribution in [0.15, 0.2) is 0 Å². The molecule has 0 unspecified atom stereocenters. The van der Waals surface area contributed by atoms with E-state index in [1.165, 1.54) is 16.2 Å². The lowest BCUT2D eigenvalue weighted by Crippen LogP contribution is -2.36. The number of carbonyl (C=O) groups is 2. The number of hydrogen-bond acceptors (Lipinski definition) is 4. The SMILES string of the molecule is CCC(C)(C)[C@@H]1CCc2c(sc(NC(=O)[C@@H]3CCCC[C@@H]3C(=O)O)c2C#N)C1. The predicted octanol–water partition coefficient (Wildman–Crippen LogP) is 4.99. The number of amides is 1. The van der Waals surface area contributed by atoms with Crippen LogP contribution in [0.3, 0.4) is 0 Å². The summed E-state index contributed by atoms with van der Waals surface area (Å²) >= 11 is 1.52. The molecule has 1 heterocycles. The molecule has 152 valence electrons. The summed E-state index contributed by atoms with van der Waals surface area (Å²) in [5.74, 6) is -1.69. The number of anilines is 1. The van der Waals surface area contributed by atoms with E-state index in [0.717, 1.165) is 44.1 Å². The number of carboxylic acid groups (broad SMARTS) is 1. The molecule has 2 N–H and O–H groups in total. The summed E-state index contributed by atoms with van der Waals surface area (Å²) in [6.07, 6.45) is 6.89. The van der Waals surface area contributed by atoms with Crippen LogP contribution >= 0.6 is 11.3 Å². The van der Waals surface area contributed by atoms with Crippen molar-refractivity contribution in [2.24, 2.45) is 23.2 Å². The average Bonchev–Trinajstić information content (AvgIpc) is 3.03. The van der Waals surface area contributed by atoms with Crippen molar-refractivity contribution in [2.75, 3.05) is 5.32 Å². The third-order valence-electron chi connectivity index (χ3n) is 7.05. The highest BCUT2D eigenvalue weighted by Crippen LogP contribution is 2.45. The van der Waals surface area contributed by atoms with Gasteiger partial charge in [0.05, 0.1) is 17.4 Å². The zero-order valence-electron chi connectivity index (χ0n) is 17.0. The van der Waals surface area contributed by atoms with Gasteiger partial charge in [-0.1, -0.05) is 40.0 Å². The molecule has 2 aliphatic rings. The minimum absolute atomic E-state index is 0.243. The van der Waals surface area contributed by atoms with Gasteiger partial charge >= 0.3 is 5.97 Å². The molecule has 6 heteroatoms. The van der Waals surface area contributed by atoms with Gasteiger partial charge in [-0.3, -0.25) is 9.59 Å². The highest BCUT2D eigenvalue weighted by atomic mass is 32.1. The second-order valence-electron chi connectivity index (χ2n) is 8.93. The molecule has 1 amide bonds. The predicted molar refractivity (Wildman–Crippen MR) is 110 cm³/mol. The molecule has 0 aromatic carbocycles. The average molecular weight is 403 g/mol. The highest BCUT2D eigenvalue weighted by Gasteiger charge is 2.37. The fraction of sp³-hybridized carbons (Fsp3) is 0.682. The van der Waals surface area contributed by atoms with E-state index in [-0.39, 0.29) is 11.3 Å². The lowest BCUT2D eigenvalue weighted by atomic mass is 9.69. The summed E-state index contributed by atoms with van der Waals surface area (Å²) in [6.45, 7) is 6.83. The lowest BCUT2D eigenvalue weighted by molar-refractivity contribution is -0.147. The van der Waals surface area contributed by atoms with Crippen molar-refractivity contribution in [3.05, 3.63) is 16.0 Å². The molecule has 2 aliphatic carbocycles. The van der Waals surface area contributed by atoms with Crippen LogP contribution in [0.5, 0.6) is 0 Å². The first-order valence-electron chi connectivity index (χ1n) is 10.4. The van der Waals surface area contributed by atoms with Gasteiger partial charge in [-0.15, -0.1) is 11.3 Å². The molecule has 1 fully saturated rings. The Morgan fingerprint density at radius 3 is 2.54 bits per heavy atom. The van der Waals surface area contributed by atoms with Crippen molar-refractivity contribution >= 4 is 28.2 Å². The Labute approximate surface area is 171 Å². The van der Waals surface area contributed by atoms with Crippen molar-refractivity contribution in [3.63, 3.8) is 0 Å². The smallest absolute Gasteiger partial charge is 0.307 e. The summed E-state index contributed by atoms with van der Waals surface area (Å²) in [7, 11) is 0. The third kappa shape index (κ3) is 3.96. The largest absolute Gasteiger partial charge is 0.481 e. The number of nitriles is 1. The van der Waals surface area contributed by atoms with Crippen molar-refractivity contribution in [1.82, 2.24) is 0 Å². The Kier molecular flexibility index (Phi) is 6.14. The van der Waals surface area contributed by atoms with Crippen molar-refractivity contribution < 1.29 is 14.7 Å². The number of aliphatic carboxylic acids is 1. The van der Waals surface area contributed by atoms with E-state index < -0.39 is 17.8 Å². The van der Waals surface area contributed by atoms with E-state index in [1.54, 1.807) is 0 Å². The van der Waals surface area contributed by atoms with Gasteiger partial charge in [-0.05, 0) is 49.0 Å². The zero-order chi connectivity index (χ0) is 20.5. The van der Waals surface area contributed by atoms with Crippen LogP contribution in [0.1, 0.15) is 75.3 Å². The van der Waals surface area contributed by atoms with Gasteiger partial charge in [0, 0.05) is 4.88 Å². The van der Waals surface area contributed by atoms with E-state index in [4.69, 9.17) is 0 Å². The molecule has 3 atom stereocenters. The maximum Gasteiger partial charge on any atom is 0.307 e. The van der Waals surface area contributed by atoms with Gasteiger partial charge in [-0.25, -0.2) is 0 Å². The first kappa shape index (κ1) is 20.9. The minimum atomic E-state index is -0.893. The topological polar surface area (TPSA) is 90.2 Å². The molecular weight excluding hydrogens is 372 g/mol. The number of nitrogens with zero attached hydrogens (tertiary/aromatic N) is 1. The Morgan fingerprint density at radius 2 is 1.93 bits per heavy atom. The van der Waals surface area contributed by atoms with Crippen LogP contribution in [0.2, 0.25) is 0 Å². The molecule has 28 heavy (non-hydrogen) atoms. The molecule has 1 aromatic heterocycles. The van der Waals surface area contributed by atoms with E-state index in [1.807, 2.05) is 0 Å². The molecule has 1 saturated carbocycles. The molecule has 1 aromatic rings. The van der Waals surface area contributed by atoms with Crippen LogP contribution < -0.4 is 5.32 Å². The fourth-order valence-electron chi connectivity index (χ4n) is 4.69. The van der Waals surface area contributed by atoms with Gasteiger partial charge in [0.2, 0.25) is 5.91 Å². The highest BCUT2D eigenvalue weighted by molar-refractivity contribution is 7.16. The number of rotatable bonds is 5. The van der Waals surface area contributed by atoms with Gasteiger partial charge < -0.3 is 10.4 Å². The van der Waals surface area contributed by atoms with Crippen LogP contribution in [-0.2, 0) is 22.4 Å². The second-order valence-corrected chi connectivity index (χ2v) is 10.0. The van der Waals surface area contributed by atoms with Gasteiger partial charge in [0.25, 0.3) is 0 Å². The Hall–Kier alpha value is -1.87. The van der Waals surface area contributed by atoms with Crippen molar-refractivity contribution in [2.45, 2.75) is 72.1 Å². The molecule has 3 rings (SSSR count). The van der Waals surface area contributed by atoms with Gasteiger partial charge in [0.1, 0.15) is 11.1 Å². The monoisotopic (exact) mass is 402 g/mol. The molecule has 5 nitrogen and oxygen atoms in total. The lowest BCUT2D eigenvalue weighted by Gasteiger charge is -2.36. The van der Waals surface area contributed by atoms with Gasteiger partial charge in [-0.2, -0.15) is 5.26 Å². The normalized spacial score (nSPS) is 24.9. The maximum atomic E-state index is 12.9. The number of carbonyl (C=O) groups excluding carboxylic acids is 1. The summed E-state index contributed by atoms with van der Waals surface area (Å²) in [4.78, 5) is 25.6. The van der Waals surface area contributed by atoms with E-state index in [9.17, 15) is 20.0 Å². The third-order valence-corrected chi connectivity index (χ3v) is 8.22. The molecule has 0 spiro atoms. The number of fused-ring (bicyclic) bond motifs is 1. The summed E-state index contributed by atoms with van der Waals surface area (Å²) < 4.78 is 0. The molecule has 0 radical (unpaired) electrons. The first-order valence-corrected chi connectivity index (χ1v) is 11.2. The molecule has 0 saturated heterocycles. The Bertz CT molecular complexity index is 805. The number of nitrogens with one attached hydrogen (secondary N) is 1. The summed E-state index contributed by atoms with van der Waals surface area (Å²) in [5, 5.41) is 22.7. The fourth-order valence-corrected chi connectivity index (χ4v) is 5.97. The van der Waals surface area contributed by atoms with E-state index >= 15 is 0 Å². The number of carboxylic acids is 1. The second kappa shape index (κ2) is 8.24. The zero-order valence-corrected chi connectivity index (χ0v) is 17.8. The molecule has 0 aliphatic heterocycles. The number of hydrogen-bond donors (Lipinski definition) is 2. The number of thiophene rings is 1. The first-order chi connectivity index (χ1) is 13.3. The van der Waals surface area contributed by atoms with E-state index in [2.05, 4.69) is 32.2 Å². The standard InChI is InChI=1S/C22H30N2O3S/c1-4-22(2,3)13-9-10-14-17(12-23)20(28-18(14)11-13)24-19(25)15-7-5-6-8-16(15)21(26)27/h13,15-16H,4-11H2,1-3H3,(H,24,25)(H,26,27)/t13-,15-,16+/m1/s1. The van der Waals surface area contributed by atoms with Crippen LogP contribution in [0.25, 0.3) is 0 Å². The maximum absolute atomic E-state index is 12.9. The minimum Gasteiger partial charge on any atom is -0.481 e. The van der Waals surface area contributed by atoms with Crippen molar-refractivity contribution in [3.8, 4) is 6.07 Å². The van der Waals surface area contributed by atoms with Crippen molar-refractivity contribution in [1.29, 1.82) is 5.26 Å². The summed E-state index contributed by atoms with van der Waals surface area (Å²) in [6, 6.07) is 2.29. The Morgan fingerprint density at radius 1 is 1.25 bits per heavy atom. The molecular formula is C22H30N2O3S. The Balaban J connectivity index is 1.81. The van der Waals surface area contributed by atoms with Gasteiger partial charge in [0.15, 0.2) is 0 Å². The van der Waals surface area contributed by atoms with Crippen LogP contribution in [-0.4, -0.2) is 17.0 Å². The van der Waals surface area contributed by atoms with Crippen LogP contribution in [0, 0.1) is 34.5 Å². The van der Waals surface area contributed by atoms with Crippen LogP contribution in [0.4, 0.5) is 5.00 Å². The van der Waals surface area contributed by atoms with E-state index in [0.29, 0.717) is 29.3 Å². The molecule has 0 bridgehead atoms.